The number of rotatable bonds is 12. The van der Waals surface area contributed by atoms with Gasteiger partial charge >= 0.3 is 13.7 Å². The highest BCUT2D eigenvalue weighted by molar-refractivity contribution is 7.63. The summed E-state index contributed by atoms with van der Waals surface area (Å²) in [4.78, 5) is 37.0. The van der Waals surface area contributed by atoms with Crippen LogP contribution in [0.25, 0.3) is 11.2 Å². The maximum atomic E-state index is 15.1. The first kappa shape index (κ1) is 34.2. The van der Waals surface area contributed by atoms with E-state index in [9.17, 15) is 23.9 Å². The molecule has 242 valence electrons. The number of ether oxygens (including phenoxy) is 2. The Morgan fingerprint density at radius 3 is 2.64 bits per heavy atom. The first-order chi connectivity index (χ1) is 20.5. The number of phosphoric acid groups is 1. The number of esters is 1. The number of aliphatic hydroxyl groups is 1. The smallest absolute Gasteiger partial charge is 0.465 e. The van der Waals surface area contributed by atoms with Gasteiger partial charge in [0.25, 0.3) is 7.82 Å². The highest BCUT2D eigenvalue weighted by Gasteiger charge is 2.47. The number of hydrogen-bond donors (Lipinski definition) is 3. The van der Waals surface area contributed by atoms with Crippen LogP contribution in [0, 0.1) is 5.41 Å². The van der Waals surface area contributed by atoms with E-state index in [1.165, 1.54) is 31.2 Å². The van der Waals surface area contributed by atoms with E-state index in [0.29, 0.717) is 0 Å². The summed E-state index contributed by atoms with van der Waals surface area (Å²) in [5, 5.41) is 12.4. The number of aliphatic hydroxyl groups excluding tert-OH is 1. The van der Waals surface area contributed by atoms with Crippen molar-refractivity contribution in [2.45, 2.75) is 58.3 Å². The van der Waals surface area contributed by atoms with E-state index in [1.807, 2.05) is 20.8 Å². The minimum Gasteiger partial charge on any atom is -0.756 e. The molecule has 0 radical (unpaired) electrons. The SMILES string of the molecule is C[C@H](NP(=O)(Oc1ccccc1)OP(=O)([O-])OC[C@H]1O[C@@H](n2cnc3c(N)nc(Cl)nc32)[C@H](F)C1O)C(=O)OCC(C)(C)C. The molecule has 7 atom stereocenters. The lowest BCUT2D eigenvalue weighted by atomic mass is 9.99. The summed E-state index contributed by atoms with van der Waals surface area (Å²) >= 11 is 5.85. The van der Waals surface area contributed by atoms with Gasteiger partial charge in [-0.05, 0) is 36.1 Å². The lowest BCUT2D eigenvalue weighted by Crippen LogP contribution is -2.36. The van der Waals surface area contributed by atoms with Gasteiger partial charge in [-0.15, -0.1) is 0 Å². The van der Waals surface area contributed by atoms with Crippen LogP contribution >= 0.6 is 27.2 Å². The molecule has 1 aliphatic heterocycles. The van der Waals surface area contributed by atoms with E-state index in [0.717, 1.165) is 10.9 Å². The monoisotopic (exact) mass is 679 g/mol. The number of nitrogens with zero attached hydrogens (tertiary/aromatic N) is 4. The van der Waals surface area contributed by atoms with Gasteiger partial charge in [0.2, 0.25) is 5.28 Å². The molecule has 3 aromatic rings. The number of fused-ring (bicyclic) bond motifs is 1. The first-order valence-corrected chi connectivity index (χ1v) is 16.4. The molecule has 16 nitrogen and oxygen atoms in total. The van der Waals surface area contributed by atoms with Crippen molar-refractivity contribution in [1.29, 1.82) is 0 Å². The van der Waals surface area contributed by atoms with Gasteiger partial charge < -0.3 is 34.3 Å². The molecule has 0 bridgehead atoms. The number of para-hydroxylation sites is 1. The molecule has 0 spiro atoms. The van der Waals surface area contributed by atoms with Crippen LogP contribution in [0.2, 0.25) is 5.28 Å². The van der Waals surface area contributed by atoms with Gasteiger partial charge in [0.05, 0.1) is 19.5 Å². The third kappa shape index (κ3) is 8.50. The molecule has 1 aliphatic rings. The lowest BCUT2D eigenvalue weighted by Gasteiger charge is -2.30. The standard InChI is InChI=1S/C24H32ClFN6O10P2/c1-13(22(34)38-11-24(2,3)4)31-43(35,41-14-8-6-5-7-9-14)42-44(36,37)39-10-15-18(33)16(26)21(40-15)32-12-28-17-19(27)29-23(25)30-20(17)32/h5-9,12-13,15-16,18,21,33H,10-11H2,1-4H3,(H,31,35)(H,36,37)(H2,27,29,30)/p-1/t13-,15+,16+,18?,21+,43?/m0/s1. The van der Waals surface area contributed by atoms with Crippen molar-refractivity contribution in [3.05, 3.63) is 41.9 Å². The second kappa shape index (κ2) is 13.3. The van der Waals surface area contributed by atoms with E-state index in [2.05, 4.69) is 20.0 Å². The van der Waals surface area contributed by atoms with Crippen LogP contribution < -0.4 is 20.2 Å². The topological polar surface area (TPSA) is 222 Å². The number of alkyl halides is 1. The molecule has 0 saturated carbocycles. The average molecular weight is 680 g/mol. The van der Waals surface area contributed by atoms with E-state index in [1.54, 1.807) is 6.07 Å². The van der Waals surface area contributed by atoms with E-state index >= 15 is 4.39 Å². The Balaban J connectivity index is 1.46. The fourth-order valence-corrected chi connectivity index (χ4v) is 6.97. The summed E-state index contributed by atoms with van der Waals surface area (Å²) in [6.07, 6.45) is -5.93. The summed E-state index contributed by atoms with van der Waals surface area (Å²) in [5.74, 6) is -0.997. The zero-order valence-corrected chi connectivity index (χ0v) is 26.4. The van der Waals surface area contributed by atoms with Crippen LogP contribution in [0.5, 0.6) is 5.75 Å². The Hall–Kier alpha value is -2.72. The van der Waals surface area contributed by atoms with Gasteiger partial charge in [0, 0.05) is 0 Å². The molecule has 44 heavy (non-hydrogen) atoms. The van der Waals surface area contributed by atoms with Crippen molar-refractivity contribution < 1.29 is 51.1 Å². The quantitative estimate of drug-likeness (QED) is 0.142. The minimum atomic E-state index is -5.55. The number of phosphoric ester groups is 1. The number of nitrogens with two attached hydrogens (primary N) is 1. The number of imidazole rings is 1. The third-order valence-electron chi connectivity index (χ3n) is 5.92. The van der Waals surface area contributed by atoms with Gasteiger partial charge in [-0.1, -0.05) is 39.0 Å². The molecular formula is C24H31ClFN6O10P2-. The summed E-state index contributed by atoms with van der Waals surface area (Å²) < 4.78 is 68.3. The predicted molar refractivity (Wildman–Crippen MR) is 152 cm³/mol. The van der Waals surface area contributed by atoms with Crippen LogP contribution in [0.4, 0.5) is 10.2 Å². The Morgan fingerprint density at radius 2 is 1.98 bits per heavy atom. The summed E-state index contributed by atoms with van der Waals surface area (Å²) in [6, 6.07) is 6.06. The summed E-state index contributed by atoms with van der Waals surface area (Å²) in [5.41, 5.74) is 5.49. The molecule has 0 aliphatic carbocycles. The molecule has 1 saturated heterocycles. The Kier molecular flexibility index (Phi) is 10.3. The number of carbonyl (C=O) groups is 1. The number of halogens is 2. The molecule has 2 aromatic heterocycles. The molecule has 20 heteroatoms. The summed E-state index contributed by atoms with van der Waals surface area (Å²) in [6.45, 7) is 5.80. The highest BCUT2D eigenvalue weighted by Crippen LogP contribution is 2.58. The minimum absolute atomic E-state index is 0.00182. The number of nitrogens with one attached hydrogen (secondary N) is 1. The van der Waals surface area contributed by atoms with Crippen molar-refractivity contribution in [1.82, 2.24) is 24.6 Å². The Labute approximate surface area is 256 Å². The molecule has 0 amide bonds. The third-order valence-corrected chi connectivity index (χ3v) is 9.36. The Bertz CT molecular complexity index is 1580. The first-order valence-electron chi connectivity index (χ1n) is 13.1. The van der Waals surface area contributed by atoms with E-state index in [4.69, 9.17) is 40.2 Å². The number of carbonyl (C=O) groups excluding carboxylic acids is 1. The van der Waals surface area contributed by atoms with E-state index in [-0.39, 0.29) is 40.0 Å². The number of anilines is 1. The van der Waals surface area contributed by atoms with Gasteiger partial charge in [0.1, 0.15) is 29.5 Å². The van der Waals surface area contributed by atoms with Crippen molar-refractivity contribution in [2.24, 2.45) is 5.41 Å². The molecule has 4 N–H and O–H groups in total. The molecule has 3 heterocycles. The normalized spacial score (nSPS) is 24.0. The molecule has 4 rings (SSSR count). The van der Waals surface area contributed by atoms with Crippen LogP contribution in [-0.2, 0) is 32.2 Å². The number of hydrogen-bond acceptors (Lipinski definition) is 14. The van der Waals surface area contributed by atoms with Crippen LogP contribution in [0.15, 0.2) is 36.7 Å². The van der Waals surface area contributed by atoms with Gasteiger partial charge in [-0.25, -0.2) is 18.3 Å². The fourth-order valence-electron chi connectivity index (χ4n) is 3.87. The zero-order valence-electron chi connectivity index (χ0n) is 23.9. The van der Waals surface area contributed by atoms with Crippen molar-refractivity contribution in [3.8, 4) is 5.75 Å². The Morgan fingerprint density at radius 1 is 1.30 bits per heavy atom. The van der Waals surface area contributed by atoms with Crippen LogP contribution in [0.3, 0.4) is 0 Å². The largest absolute Gasteiger partial charge is 0.756 e. The second-order valence-electron chi connectivity index (χ2n) is 10.9. The van der Waals surface area contributed by atoms with Crippen molar-refractivity contribution in [3.63, 3.8) is 0 Å². The predicted octanol–water partition coefficient (Wildman–Crippen LogP) is 2.91. The fraction of sp³-hybridized carbons (Fsp3) is 0.500. The van der Waals surface area contributed by atoms with Crippen molar-refractivity contribution >= 4 is 50.1 Å². The molecular weight excluding hydrogens is 649 g/mol. The zero-order chi connectivity index (χ0) is 32.4. The van der Waals surface area contributed by atoms with Gasteiger partial charge in [0.15, 0.2) is 23.9 Å². The van der Waals surface area contributed by atoms with Crippen LogP contribution in [0.1, 0.15) is 33.9 Å². The average Bonchev–Trinajstić information content (AvgIpc) is 3.46. The number of nitrogen functional groups attached to an aromatic ring is 1. The summed E-state index contributed by atoms with van der Waals surface area (Å²) in [7, 11) is -10.4. The van der Waals surface area contributed by atoms with E-state index < -0.39 is 58.8 Å². The second-order valence-corrected chi connectivity index (χ2v) is 14.5. The molecule has 3 unspecified atom stereocenters. The highest BCUT2D eigenvalue weighted by atomic mass is 35.5. The van der Waals surface area contributed by atoms with Crippen molar-refractivity contribution in [2.75, 3.05) is 18.9 Å². The lowest BCUT2D eigenvalue weighted by molar-refractivity contribution is -0.220. The van der Waals surface area contributed by atoms with Gasteiger partial charge in [-0.2, -0.15) is 15.1 Å². The molecule has 1 fully saturated rings. The van der Waals surface area contributed by atoms with Crippen LogP contribution in [-0.4, -0.2) is 68.2 Å². The number of benzene rings is 1. The maximum Gasteiger partial charge on any atom is 0.465 e. The van der Waals surface area contributed by atoms with Gasteiger partial charge in [-0.3, -0.25) is 13.9 Å². The maximum absolute atomic E-state index is 15.1. The molecule has 1 aromatic carbocycles. The number of aromatic nitrogens is 4.